The van der Waals surface area contributed by atoms with Crippen LogP contribution >= 0.6 is 23.2 Å². The zero-order chi connectivity index (χ0) is 10.2. The molecule has 1 rings (SSSR count). The van der Waals surface area contributed by atoms with E-state index in [4.69, 9.17) is 32.9 Å². The average Bonchev–Trinajstić information content (AvgIpc) is 1.98. The van der Waals surface area contributed by atoms with E-state index in [0.29, 0.717) is 0 Å². The van der Waals surface area contributed by atoms with Crippen LogP contribution in [0.4, 0.5) is 0 Å². The van der Waals surface area contributed by atoms with Crippen LogP contribution in [0, 0.1) is 0 Å². The molecule has 2 N–H and O–H groups in total. The van der Waals surface area contributed by atoms with Gasteiger partial charge in [0.25, 0.3) is 10.1 Å². The molecule has 7 heteroatoms. The topological polar surface area (TPSA) is 74.6 Å². The predicted octanol–water partition coefficient (Wildman–Crippen LogP) is 1.95. The van der Waals surface area contributed by atoms with Gasteiger partial charge in [0.05, 0.1) is 5.02 Å². The third kappa shape index (κ3) is 2.05. The van der Waals surface area contributed by atoms with Crippen molar-refractivity contribution in [3.63, 3.8) is 0 Å². The Morgan fingerprint density at radius 1 is 1.15 bits per heavy atom. The monoisotopic (exact) mass is 242 g/mol. The van der Waals surface area contributed by atoms with E-state index < -0.39 is 20.0 Å². The second kappa shape index (κ2) is 3.34. The molecular weight excluding hydrogens is 239 g/mol. The molecule has 72 valence electrons. The van der Waals surface area contributed by atoms with Crippen molar-refractivity contribution in [3.8, 4) is 5.75 Å². The van der Waals surface area contributed by atoms with Crippen molar-refractivity contribution in [2.45, 2.75) is 4.90 Å². The third-order valence-corrected chi connectivity index (χ3v) is 3.18. The summed E-state index contributed by atoms with van der Waals surface area (Å²) in [5.41, 5.74) is 0. The maximum atomic E-state index is 10.6. The van der Waals surface area contributed by atoms with E-state index in [1.165, 1.54) is 0 Å². The Balaban J connectivity index is 3.53. The van der Waals surface area contributed by atoms with Gasteiger partial charge in [0.1, 0.15) is 15.7 Å². The van der Waals surface area contributed by atoms with Gasteiger partial charge in [0, 0.05) is 0 Å². The molecule has 13 heavy (non-hydrogen) atoms. The van der Waals surface area contributed by atoms with E-state index in [1.807, 2.05) is 0 Å². The van der Waals surface area contributed by atoms with Crippen LogP contribution in [0.3, 0.4) is 0 Å². The molecule has 0 aliphatic rings. The zero-order valence-corrected chi connectivity index (χ0v) is 8.36. The molecule has 0 unspecified atom stereocenters. The highest BCUT2D eigenvalue weighted by Gasteiger charge is 2.18. The van der Waals surface area contributed by atoms with Crippen LogP contribution in [0.1, 0.15) is 0 Å². The van der Waals surface area contributed by atoms with Gasteiger partial charge in [0.2, 0.25) is 0 Å². The van der Waals surface area contributed by atoms with E-state index >= 15 is 0 Å². The summed E-state index contributed by atoms with van der Waals surface area (Å²) in [4.78, 5) is -0.531. The Labute approximate surface area is 84.5 Å². The molecule has 4 nitrogen and oxygen atoms in total. The molecule has 0 saturated carbocycles. The molecule has 1 aromatic rings. The zero-order valence-electron chi connectivity index (χ0n) is 6.03. The Kier molecular flexibility index (Phi) is 2.72. The summed E-state index contributed by atoms with van der Waals surface area (Å²) in [6.45, 7) is 0. The molecule has 0 radical (unpaired) electrons. The first-order chi connectivity index (χ1) is 5.84. The fourth-order valence-electron chi connectivity index (χ4n) is 0.721. The second-order valence-electron chi connectivity index (χ2n) is 2.19. The molecule has 0 aliphatic heterocycles. The van der Waals surface area contributed by atoms with Gasteiger partial charge in [-0.15, -0.1) is 0 Å². The molecule has 0 bridgehead atoms. The maximum absolute atomic E-state index is 10.6. The minimum atomic E-state index is -4.40. The minimum absolute atomic E-state index is 0.309. The molecule has 0 aromatic heterocycles. The highest BCUT2D eigenvalue weighted by molar-refractivity contribution is 7.86. The van der Waals surface area contributed by atoms with Crippen LogP contribution in [-0.4, -0.2) is 18.1 Å². The average molecular weight is 243 g/mol. The molecular formula is C6H4Cl2O4S. The largest absolute Gasteiger partial charge is 0.506 e. The smallest absolute Gasteiger partial charge is 0.296 e. The highest BCUT2D eigenvalue weighted by Crippen LogP contribution is 2.35. The number of phenols is 1. The summed E-state index contributed by atoms with van der Waals surface area (Å²) in [5, 5.41) is 8.29. The Bertz CT molecular complexity index is 440. The van der Waals surface area contributed by atoms with Crippen LogP contribution in [0.15, 0.2) is 17.0 Å². The Morgan fingerprint density at radius 2 is 1.69 bits per heavy atom. The number of hydrogen-bond donors (Lipinski definition) is 2. The first-order valence-electron chi connectivity index (χ1n) is 2.98. The number of rotatable bonds is 1. The number of phenolic OH excluding ortho intramolecular Hbond substituents is 1. The summed E-state index contributed by atoms with van der Waals surface area (Å²) >= 11 is 10.9. The van der Waals surface area contributed by atoms with Gasteiger partial charge < -0.3 is 5.11 Å². The molecule has 0 atom stereocenters. The Morgan fingerprint density at radius 3 is 2.15 bits per heavy atom. The van der Waals surface area contributed by atoms with Crippen LogP contribution in [0.5, 0.6) is 5.75 Å². The number of halogens is 2. The summed E-state index contributed by atoms with van der Waals surface area (Å²) < 4.78 is 29.9. The fourth-order valence-corrected chi connectivity index (χ4v) is 1.96. The van der Waals surface area contributed by atoms with Gasteiger partial charge in [-0.3, -0.25) is 4.55 Å². The van der Waals surface area contributed by atoms with Crippen molar-refractivity contribution in [1.29, 1.82) is 0 Å². The van der Waals surface area contributed by atoms with Gasteiger partial charge in [-0.1, -0.05) is 23.2 Å². The first-order valence-corrected chi connectivity index (χ1v) is 5.18. The van der Waals surface area contributed by atoms with Crippen LogP contribution in [-0.2, 0) is 10.1 Å². The lowest BCUT2D eigenvalue weighted by Gasteiger charge is -2.03. The fraction of sp³-hybridized carbons (Fsp3) is 0. The van der Waals surface area contributed by atoms with Gasteiger partial charge in [-0.2, -0.15) is 8.42 Å². The van der Waals surface area contributed by atoms with Gasteiger partial charge in [-0.25, -0.2) is 0 Å². The summed E-state index contributed by atoms with van der Waals surface area (Å²) in [7, 11) is -4.40. The van der Waals surface area contributed by atoms with Crippen LogP contribution in [0.2, 0.25) is 10.0 Å². The summed E-state index contributed by atoms with van der Waals surface area (Å²) in [6, 6.07) is 1.98. The van der Waals surface area contributed by atoms with Crippen molar-refractivity contribution in [2.24, 2.45) is 0 Å². The predicted molar refractivity (Wildman–Crippen MR) is 47.9 cm³/mol. The standard InChI is InChI=1S/C6H4Cl2O4S/c7-5-3(9)1-2-4(6(5)8)13(10,11)12/h1-2,9H,(H,10,11,12). The molecule has 0 aliphatic carbocycles. The maximum Gasteiger partial charge on any atom is 0.296 e. The van der Waals surface area contributed by atoms with Crippen molar-refractivity contribution in [2.75, 3.05) is 0 Å². The van der Waals surface area contributed by atoms with Crippen molar-refractivity contribution in [1.82, 2.24) is 0 Å². The van der Waals surface area contributed by atoms with E-state index in [0.717, 1.165) is 12.1 Å². The van der Waals surface area contributed by atoms with Crippen molar-refractivity contribution in [3.05, 3.63) is 22.2 Å². The summed E-state index contributed by atoms with van der Waals surface area (Å²) in [6.07, 6.45) is 0. The molecule has 0 amide bonds. The number of aromatic hydroxyl groups is 1. The lowest BCUT2D eigenvalue weighted by molar-refractivity contribution is 0.473. The summed E-state index contributed by atoms with van der Waals surface area (Å²) in [5.74, 6) is -0.348. The lowest BCUT2D eigenvalue weighted by atomic mass is 10.3. The molecule has 0 saturated heterocycles. The van der Waals surface area contributed by atoms with E-state index in [1.54, 1.807) is 0 Å². The minimum Gasteiger partial charge on any atom is -0.506 e. The van der Waals surface area contributed by atoms with E-state index in [2.05, 4.69) is 0 Å². The number of hydrogen-bond acceptors (Lipinski definition) is 3. The third-order valence-electron chi connectivity index (χ3n) is 1.30. The van der Waals surface area contributed by atoms with Crippen molar-refractivity contribution < 1.29 is 18.1 Å². The molecule has 0 fully saturated rings. The molecule has 1 aromatic carbocycles. The van der Waals surface area contributed by atoms with Crippen molar-refractivity contribution >= 4 is 33.3 Å². The highest BCUT2D eigenvalue weighted by atomic mass is 35.5. The van der Waals surface area contributed by atoms with Gasteiger partial charge in [0.15, 0.2) is 0 Å². The van der Waals surface area contributed by atoms with Gasteiger partial charge in [-0.05, 0) is 12.1 Å². The molecule has 0 heterocycles. The first kappa shape index (κ1) is 10.6. The van der Waals surface area contributed by atoms with Gasteiger partial charge >= 0.3 is 0 Å². The van der Waals surface area contributed by atoms with E-state index in [-0.39, 0.29) is 10.8 Å². The van der Waals surface area contributed by atoms with Crippen LogP contribution < -0.4 is 0 Å². The second-order valence-corrected chi connectivity index (χ2v) is 4.33. The lowest BCUT2D eigenvalue weighted by Crippen LogP contribution is -1.98. The number of benzene rings is 1. The van der Waals surface area contributed by atoms with E-state index in [9.17, 15) is 8.42 Å². The quantitative estimate of drug-likeness (QED) is 0.739. The van der Waals surface area contributed by atoms with Crippen LogP contribution in [0.25, 0.3) is 0 Å². The normalized spacial score (nSPS) is 11.6. The SMILES string of the molecule is O=S(=O)(O)c1ccc(O)c(Cl)c1Cl. The molecule has 0 spiro atoms. The Hall–Kier alpha value is -0.490.